The van der Waals surface area contributed by atoms with E-state index in [1.165, 1.54) is 10.6 Å². The van der Waals surface area contributed by atoms with Gasteiger partial charge in [0.2, 0.25) is 0 Å². The number of esters is 1. The van der Waals surface area contributed by atoms with Crippen LogP contribution in [0.1, 0.15) is 43.6 Å². The van der Waals surface area contributed by atoms with Crippen LogP contribution in [-0.4, -0.2) is 25.1 Å². The van der Waals surface area contributed by atoms with Gasteiger partial charge in [0.15, 0.2) is 11.2 Å². The number of carbonyl (C=O) groups excluding carboxylic acids is 1. The molecule has 0 saturated heterocycles. The van der Waals surface area contributed by atoms with Crippen LogP contribution in [0.25, 0.3) is 17.2 Å². The predicted octanol–water partition coefficient (Wildman–Crippen LogP) is 2.77. The number of aromatic nitrogens is 4. The Bertz CT molecular complexity index is 1180. The van der Waals surface area contributed by atoms with Crippen molar-refractivity contribution in [1.29, 1.82) is 0 Å². The molecule has 3 rings (SSSR count). The summed E-state index contributed by atoms with van der Waals surface area (Å²) in [5.41, 5.74) is 1.69. The summed E-state index contributed by atoms with van der Waals surface area (Å²) in [7, 11) is 0. The molecule has 1 aromatic carbocycles. The quantitative estimate of drug-likeness (QED) is 0.455. The fourth-order valence-corrected chi connectivity index (χ4v) is 3.22. The molecule has 158 valence electrons. The second kappa shape index (κ2) is 9.39. The maximum absolute atomic E-state index is 12.4. The second-order valence-corrected chi connectivity index (χ2v) is 7.06. The molecule has 8 nitrogen and oxygen atoms in total. The average molecular weight is 410 g/mol. The van der Waals surface area contributed by atoms with Gasteiger partial charge in [-0.1, -0.05) is 43.2 Å². The number of nitrogens with zero attached hydrogens (tertiary/aromatic N) is 3. The molecule has 0 bridgehead atoms. The molecule has 0 spiro atoms. The summed E-state index contributed by atoms with van der Waals surface area (Å²) in [5.74, 6) is -0.0894. The van der Waals surface area contributed by atoms with Crippen molar-refractivity contribution in [2.24, 2.45) is 0 Å². The molecule has 2 aromatic heterocycles. The molecule has 1 N–H and O–H groups in total. The van der Waals surface area contributed by atoms with Gasteiger partial charge in [0.1, 0.15) is 12.4 Å². The van der Waals surface area contributed by atoms with Gasteiger partial charge in [-0.3, -0.25) is 14.3 Å². The first kappa shape index (κ1) is 21.3. The number of benzene rings is 1. The van der Waals surface area contributed by atoms with E-state index in [2.05, 4.69) is 9.97 Å². The highest BCUT2D eigenvalue weighted by Gasteiger charge is 2.18. The van der Waals surface area contributed by atoms with Crippen LogP contribution in [0.4, 0.5) is 0 Å². The number of H-pyrrole nitrogens is 1. The molecule has 8 heteroatoms. The number of aryl methyl sites for hydroxylation is 3. The van der Waals surface area contributed by atoms with Gasteiger partial charge in [0.25, 0.3) is 5.56 Å². The summed E-state index contributed by atoms with van der Waals surface area (Å²) in [6.45, 7) is 6.70. The number of unbranched alkanes of at least 4 members (excludes halogenated alkanes) is 1. The zero-order chi connectivity index (χ0) is 21.7. The van der Waals surface area contributed by atoms with Gasteiger partial charge in [-0.25, -0.2) is 14.6 Å². The monoisotopic (exact) mass is 410 g/mol. The third kappa shape index (κ3) is 4.59. The summed E-state index contributed by atoms with van der Waals surface area (Å²) in [6, 6.07) is 7.75. The highest BCUT2D eigenvalue weighted by atomic mass is 16.5. The van der Waals surface area contributed by atoms with E-state index < -0.39 is 17.2 Å². The molecule has 0 saturated carbocycles. The number of imidazole rings is 1. The van der Waals surface area contributed by atoms with Gasteiger partial charge in [0.05, 0.1) is 0 Å². The first-order valence-corrected chi connectivity index (χ1v) is 10.1. The number of nitrogens with one attached hydrogen (secondary N) is 1. The van der Waals surface area contributed by atoms with E-state index in [9.17, 15) is 14.4 Å². The molecule has 0 fully saturated rings. The molecule has 30 heavy (non-hydrogen) atoms. The van der Waals surface area contributed by atoms with Crippen molar-refractivity contribution in [3.05, 3.63) is 68.1 Å². The molecular formula is C22H26N4O4. The molecular weight excluding hydrogens is 384 g/mol. The zero-order valence-electron chi connectivity index (χ0n) is 17.5. The van der Waals surface area contributed by atoms with Crippen molar-refractivity contribution >= 4 is 23.2 Å². The Morgan fingerprint density at radius 1 is 1.17 bits per heavy atom. The molecule has 0 aliphatic carbocycles. The Balaban J connectivity index is 1.84. The normalized spacial score (nSPS) is 11.4. The van der Waals surface area contributed by atoms with Crippen molar-refractivity contribution in [1.82, 2.24) is 19.1 Å². The van der Waals surface area contributed by atoms with Gasteiger partial charge in [-0.2, -0.15) is 0 Å². The number of fused-ring (bicyclic) bond motifs is 1. The lowest BCUT2D eigenvalue weighted by Crippen LogP contribution is -2.31. The van der Waals surface area contributed by atoms with Gasteiger partial charge >= 0.3 is 11.7 Å². The van der Waals surface area contributed by atoms with Crippen LogP contribution in [0.5, 0.6) is 0 Å². The average Bonchev–Trinajstić information content (AvgIpc) is 3.10. The number of ether oxygens (including phenoxy) is 1. The minimum absolute atomic E-state index is 0.0962. The van der Waals surface area contributed by atoms with Gasteiger partial charge in [-0.15, -0.1) is 0 Å². The largest absolute Gasteiger partial charge is 0.454 e. The van der Waals surface area contributed by atoms with Crippen molar-refractivity contribution in [2.75, 3.05) is 0 Å². The number of hydrogen-bond acceptors (Lipinski definition) is 5. The molecule has 3 aromatic rings. The third-order valence-electron chi connectivity index (χ3n) is 4.85. The summed E-state index contributed by atoms with van der Waals surface area (Å²) in [4.78, 5) is 43.6. The van der Waals surface area contributed by atoms with Crippen LogP contribution >= 0.6 is 0 Å². The number of aromatic amines is 1. The first-order valence-electron chi connectivity index (χ1n) is 10.1. The molecule has 0 aliphatic heterocycles. The van der Waals surface area contributed by atoms with Crippen LogP contribution in [0.15, 0.2) is 39.9 Å². The van der Waals surface area contributed by atoms with Gasteiger partial charge < -0.3 is 9.30 Å². The molecule has 2 heterocycles. The lowest BCUT2D eigenvalue weighted by Gasteiger charge is -2.06. The van der Waals surface area contributed by atoms with Crippen LogP contribution in [0.2, 0.25) is 0 Å². The van der Waals surface area contributed by atoms with E-state index in [-0.39, 0.29) is 6.61 Å². The zero-order valence-corrected chi connectivity index (χ0v) is 17.5. The summed E-state index contributed by atoms with van der Waals surface area (Å²) >= 11 is 0. The molecule has 0 unspecified atom stereocenters. The maximum Gasteiger partial charge on any atom is 0.331 e. The minimum Gasteiger partial charge on any atom is -0.454 e. The van der Waals surface area contributed by atoms with E-state index in [4.69, 9.17) is 4.74 Å². The van der Waals surface area contributed by atoms with Crippen LogP contribution in [0.3, 0.4) is 0 Å². The lowest BCUT2D eigenvalue weighted by molar-refractivity contribution is -0.139. The topological polar surface area (TPSA) is 99.0 Å². The second-order valence-electron chi connectivity index (χ2n) is 7.06. The smallest absolute Gasteiger partial charge is 0.331 e. The van der Waals surface area contributed by atoms with Crippen LogP contribution in [0, 0.1) is 6.92 Å². The third-order valence-corrected chi connectivity index (χ3v) is 4.85. The van der Waals surface area contributed by atoms with Crippen LogP contribution < -0.4 is 11.2 Å². The fraction of sp³-hybridized carbons (Fsp3) is 0.364. The van der Waals surface area contributed by atoms with Crippen molar-refractivity contribution in [2.45, 2.75) is 53.3 Å². The Morgan fingerprint density at radius 3 is 2.57 bits per heavy atom. The van der Waals surface area contributed by atoms with E-state index in [1.54, 1.807) is 10.6 Å². The fourth-order valence-electron chi connectivity index (χ4n) is 3.22. The lowest BCUT2D eigenvalue weighted by atomic mass is 10.1. The standard InChI is InChI=1S/C22H26N4O4/c1-4-6-13-26-20-19(21(28)24-22(26)29)25(5-2)17(23-20)14-30-18(27)12-11-16-9-7-15(3)8-10-16/h7-12H,4-6,13-14H2,1-3H3,(H,24,28,29)/b12-11+. The molecule has 0 amide bonds. The maximum atomic E-state index is 12.4. The summed E-state index contributed by atoms with van der Waals surface area (Å²) in [5, 5.41) is 0. The Hall–Kier alpha value is -3.42. The van der Waals surface area contributed by atoms with Crippen LogP contribution in [-0.2, 0) is 29.2 Å². The molecule has 0 atom stereocenters. The van der Waals surface area contributed by atoms with E-state index in [0.717, 1.165) is 24.0 Å². The highest BCUT2D eigenvalue weighted by Crippen LogP contribution is 2.13. The van der Waals surface area contributed by atoms with Crippen molar-refractivity contribution < 1.29 is 9.53 Å². The Morgan fingerprint density at radius 2 is 1.90 bits per heavy atom. The van der Waals surface area contributed by atoms with E-state index in [0.29, 0.717) is 30.1 Å². The van der Waals surface area contributed by atoms with Crippen molar-refractivity contribution in [3.63, 3.8) is 0 Å². The summed E-state index contributed by atoms with van der Waals surface area (Å²) in [6.07, 6.45) is 4.72. The number of rotatable bonds is 8. The SMILES string of the molecule is CCCCn1c(=O)[nH]c(=O)c2c1nc(COC(=O)/C=C/c1ccc(C)cc1)n2CC. The predicted molar refractivity (Wildman–Crippen MR) is 115 cm³/mol. The highest BCUT2D eigenvalue weighted by molar-refractivity contribution is 5.87. The molecule has 0 aliphatic rings. The van der Waals surface area contributed by atoms with Gasteiger partial charge in [-0.05, 0) is 31.9 Å². The molecule has 0 radical (unpaired) electrons. The minimum atomic E-state index is -0.512. The Labute approximate surface area is 173 Å². The Kier molecular flexibility index (Phi) is 6.66. The number of hydrogen-bond donors (Lipinski definition) is 1. The summed E-state index contributed by atoms with van der Waals surface area (Å²) < 4.78 is 8.47. The van der Waals surface area contributed by atoms with Gasteiger partial charge in [0, 0.05) is 19.2 Å². The number of carbonyl (C=O) groups is 1. The van der Waals surface area contributed by atoms with Crippen molar-refractivity contribution in [3.8, 4) is 0 Å². The van der Waals surface area contributed by atoms with E-state index in [1.807, 2.05) is 45.0 Å². The first-order chi connectivity index (χ1) is 14.4. The van der Waals surface area contributed by atoms with E-state index >= 15 is 0 Å².